The maximum atomic E-state index is 4.32. The van der Waals surface area contributed by atoms with Gasteiger partial charge in [-0.2, -0.15) is 0 Å². The Bertz CT molecular complexity index is 273. The number of hydrogen-bond donors (Lipinski definition) is 0. The van der Waals surface area contributed by atoms with Crippen LogP contribution in [-0.2, 0) is 12.8 Å². The molecule has 1 aromatic heterocycles. The molecular weight excluding hydrogens is 204 g/mol. The van der Waals surface area contributed by atoms with Crippen LogP contribution in [0.3, 0.4) is 0 Å². The van der Waals surface area contributed by atoms with Gasteiger partial charge in [0.05, 0.1) is 0 Å². The van der Waals surface area contributed by atoms with Crippen molar-refractivity contribution in [3.05, 3.63) is 22.2 Å². The van der Waals surface area contributed by atoms with E-state index in [9.17, 15) is 0 Å². The fourth-order valence-electron chi connectivity index (χ4n) is 1.45. The van der Waals surface area contributed by atoms with E-state index in [1.807, 2.05) is 6.20 Å². The number of aromatic nitrogens is 2. The lowest BCUT2D eigenvalue weighted by molar-refractivity contribution is 0.659. The number of nitrogens with zero attached hydrogens (tertiary/aromatic N) is 2. The molecule has 0 saturated heterocycles. The van der Waals surface area contributed by atoms with E-state index in [-0.39, 0.29) is 0 Å². The monoisotopic (exact) mass is 212 g/mol. The second-order valence-electron chi connectivity index (χ2n) is 2.82. The Hall–Kier alpha value is -0.440. The van der Waals surface area contributed by atoms with E-state index in [2.05, 4.69) is 25.9 Å². The zero-order valence-electron chi connectivity index (χ0n) is 6.18. The minimum Gasteiger partial charge on any atom is -0.230 e. The molecule has 0 spiro atoms. The van der Waals surface area contributed by atoms with Crippen LogP contribution in [0.25, 0.3) is 0 Å². The van der Waals surface area contributed by atoms with E-state index >= 15 is 0 Å². The van der Waals surface area contributed by atoms with Gasteiger partial charge in [-0.25, -0.2) is 9.97 Å². The fourth-order valence-corrected chi connectivity index (χ4v) is 1.77. The zero-order chi connectivity index (χ0) is 7.68. The van der Waals surface area contributed by atoms with Crippen molar-refractivity contribution in [1.29, 1.82) is 0 Å². The summed E-state index contributed by atoms with van der Waals surface area (Å²) in [6, 6.07) is 0. The first kappa shape index (κ1) is 7.22. The van der Waals surface area contributed by atoms with Crippen molar-refractivity contribution in [2.75, 3.05) is 0 Å². The Morgan fingerprint density at radius 1 is 1.27 bits per heavy atom. The normalized spacial score (nSPS) is 16.1. The standard InChI is InChI=1S/C8H9BrN2/c9-8-10-5-6-3-1-2-4-7(6)11-8/h5H,1-4H2. The highest BCUT2D eigenvalue weighted by Crippen LogP contribution is 2.19. The van der Waals surface area contributed by atoms with Crippen molar-refractivity contribution in [3.63, 3.8) is 0 Å². The average Bonchev–Trinajstić information content (AvgIpc) is 2.04. The van der Waals surface area contributed by atoms with Crippen LogP contribution in [0.2, 0.25) is 0 Å². The summed E-state index contributed by atoms with van der Waals surface area (Å²) in [5.41, 5.74) is 2.57. The topological polar surface area (TPSA) is 25.8 Å². The Balaban J connectivity index is 2.43. The summed E-state index contributed by atoms with van der Waals surface area (Å²) in [6.45, 7) is 0. The van der Waals surface area contributed by atoms with Gasteiger partial charge in [0.15, 0.2) is 4.73 Å². The lowest BCUT2D eigenvalue weighted by Crippen LogP contribution is -2.06. The van der Waals surface area contributed by atoms with Crippen LogP contribution in [0, 0.1) is 0 Å². The molecule has 3 heteroatoms. The molecule has 58 valence electrons. The highest BCUT2D eigenvalue weighted by molar-refractivity contribution is 9.10. The molecule has 0 bridgehead atoms. The van der Waals surface area contributed by atoms with Crippen molar-refractivity contribution in [3.8, 4) is 0 Å². The minimum absolute atomic E-state index is 0.721. The highest BCUT2D eigenvalue weighted by atomic mass is 79.9. The van der Waals surface area contributed by atoms with Gasteiger partial charge in [0.1, 0.15) is 0 Å². The first-order valence-corrected chi connectivity index (χ1v) is 4.66. The number of halogens is 1. The zero-order valence-corrected chi connectivity index (χ0v) is 7.76. The van der Waals surface area contributed by atoms with Crippen LogP contribution in [0.15, 0.2) is 10.9 Å². The Morgan fingerprint density at radius 2 is 2.09 bits per heavy atom. The summed E-state index contributed by atoms with van der Waals surface area (Å²) in [6.07, 6.45) is 6.78. The van der Waals surface area contributed by atoms with Crippen LogP contribution >= 0.6 is 15.9 Å². The van der Waals surface area contributed by atoms with Crippen molar-refractivity contribution >= 4 is 15.9 Å². The van der Waals surface area contributed by atoms with Gasteiger partial charge < -0.3 is 0 Å². The van der Waals surface area contributed by atoms with E-state index in [0.717, 1.165) is 17.6 Å². The molecule has 0 atom stereocenters. The van der Waals surface area contributed by atoms with Gasteiger partial charge in [-0.05, 0) is 47.2 Å². The number of aryl methyl sites for hydroxylation is 2. The van der Waals surface area contributed by atoms with E-state index in [1.54, 1.807) is 0 Å². The van der Waals surface area contributed by atoms with E-state index in [1.165, 1.54) is 24.1 Å². The third-order valence-electron chi connectivity index (χ3n) is 2.03. The highest BCUT2D eigenvalue weighted by Gasteiger charge is 2.10. The van der Waals surface area contributed by atoms with Crippen molar-refractivity contribution in [2.45, 2.75) is 25.7 Å². The molecule has 0 unspecified atom stereocenters. The van der Waals surface area contributed by atoms with Crippen LogP contribution in [0.4, 0.5) is 0 Å². The Labute approximate surface area is 74.2 Å². The molecule has 0 N–H and O–H groups in total. The minimum atomic E-state index is 0.721. The molecule has 0 amide bonds. The molecule has 1 heterocycles. The molecule has 0 radical (unpaired) electrons. The molecule has 0 saturated carbocycles. The molecule has 2 nitrogen and oxygen atoms in total. The SMILES string of the molecule is Brc1ncc2c(n1)CCCC2. The maximum Gasteiger partial charge on any atom is 0.196 e. The molecule has 0 fully saturated rings. The first-order valence-electron chi connectivity index (χ1n) is 3.86. The third-order valence-corrected chi connectivity index (χ3v) is 2.42. The summed E-state index contributed by atoms with van der Waals surface area (Å²) in [4.78, 5) is 8.42. The van der Waals surface area contributed by atoms with Gasteiger partial charge in [-0.15, -0.1) is 0 Å². The van der Waals surface area contributed by atoms with Gasteiger partial charge in [0.2, 0.25) is 0 Å². The van der Waals surface area contributed by atoms with E-state index in [0.29, 0.717) is 0 Å². The maximum absolute atomic E-state index is 4.32. The molecule has 11 heavy (non-hydrogen) atoms. The predicted octanol–water partition coefficient (Wildman–Crippen LogP) is 2.12. The Kier molecular flexibility index (Phi) is 1.90. The summed E-state index contributed by atoms with van der Waals surface area (Å²) < 4.78 is 0.721. The lowest BCUT2D eigenvalue weighted by atomic mass is 9.98. The van der Waals surface area contributed by atoms with E-state index < -0.39 is 0 Å². The smallest absolute Gasteiger partial charge is 0.196 e. The third kappa shape index (κ3) is 1.43. The lowest BCUT2D eigenvalue weighted by Gasteiger charge is -2.12. The molecule has 2 rings (SSSR count). The second kappa shape index (κ2) is 2.89. The van der Waals surface area contributed by atoms with Crippen LogP contribution in [0.5, 0.6) is 0 Å². The van der Waals surface area contributed by atoms with Crippen LogP contribution < -0.4 is 0 Å². The van der Waals surface area contributed by atoms with Gasteiger partial charge in [0, 0.05) is 11.9 Å². The summed E-state index contributed by atoms with van der Waals surface area (Å²) in [5.74, 6) is 0. The van der Waals surface area contributed by atoms with Crippen LogP contribution in [-0.4, -0.2) is 9.97 Å². The molecular formula is C8H9BrN2. The Morgan fingerprint density at radius 3 is 3.00 bits per heavy atom. The quantitative estimate of drug-likeness (QED) is 0.617. The molecule has 0 aromatic carbocycles. The van der Waals surface area contributed by atoms with Gasteiger partial charge in [0.25, 0.3) is 0 Å². The number of fused-ring (bicyclic) bond motifs is 1. The van der Waals surface area contributed by atoms with Crippen molar-refractivity contribution in [2.24, 2.45) is 0 Å². The largest absolute Gasteiger partial charge is 0.230 e. The summed E-state index contributed by atoms with van der Waals surface area (Å²) in [5, 5.41) is 0. The number of hydrogen-bond acceptors (Lipinski definition) is 2. The summed E-state index contributed by atoms with van der Waals surface area (Å²) >= 11 is 3.27. The molecule has 1 aliphatic rings. The summed E-state index contributed by atoms with van der Waals surface area (Å²) in [7, 11) is 0. The van der Waals surface area contributed by atoms with Gasteiger partial charge in [-0.3, -0.25) is 0 Å². The number of rotatable bonds is 0. The van der Waals surface area contributed by atoms with Gasteiger partial charge >= 0.3 is 0 Å². The second-order valence-corrected chi connectivity index (χ2v) is 3.53. The molecule has 1 aromatic rings. The average molecular weight is 213 g/mol. The molecule has 1 aliphatic carbocycles. The van der Waals surface area contributed by atoms with Crippen molar-refractivity contribution in [1.82, 2.24) is 9.97 Å². The fraction of sp³-hybridized carbons (Fsp3) is 0.500. The first-order chi connectivity index (χ1) is 5.36. The van der Waals surface area contributed by atoms with E-state index in [4.69, 9.17) is 0 Å². The van der Waals surface area contributed by atoms with Crippen molar-refractivity contribution < 1.29 is 0 Å². The predicted molar refractivity (Wildman–Crippen MR) is 46.4 cm³/mol. The molecule has 0 aliphatic heterocycles. The van der Waals surface area contributed by atoms with Gasteiger partial charge in [-0.1, -0.05) is 0 Å². The van der Waals surface area contributed by atoms with Crippen LogP contribution in [0.1, 0.15) is 24.1 Å².